The summed E-state index contributed by atoms with van der Waals surface area (Å²) in [5, 5.41) is 8.68. The molecule has 0 heterocycles. The highest BCUT2D eigenvalue weighted by Gasteiger charge is 2.08. The Balaban J connectivity index is 1.95. The van der Waals surface area contributed by atoms with Crippen LogP contribution in [0.4, 0.5) is 0 Å². The molecule has 2 rings (SSSR count). The zero-order valence-electron chi connectivity index (χ0n) is 10.8. The van der Waals surface area contributed by atoms with E-state index in [0.29, 0.717) is 16.7 Å². The summed E-state index contributed by atoms with van der Waals surface area (Å²) < 4.78 is 0.862. The van der Waals surface area contributed by atoms with Gasteiger partial charge in [0.15, 0.2) is 0 Å². The highest BCUT2D eigenvalue weighted by Crippen LogP contribution is 2.10. The Morgan fingerprint density at radius 1 is 0.857 bits per heavy atom. The second-order valence-electron chi connectivity index (χ2n) is 4.10. The summed E-state index contributed by atoms with van der Waals surface area (Å²) in [6.45, 7) is 0. The summed E-state index contributed by atoms with van der Waals surface area (Å²) >= 11 is 3.27. The van der Waals surface area contributed by atoms with E-state index in [4.69, 9.17) is 5.26 Å². The maximum Gasteiger partial charge on any atom is 0.269 e. The third-order valence-corrected chi connectivity index (χ3v) is 3.20. The first-order chi connectivity index (χ1) is 10.1. The molecule has 0 spiro atoms. The van der Waals surface area contributed by atoms with Crippen LogP contribution in [0.3, 0.4) is 0 Å². The third kappa shape index (κ3) is 3.91. The highest BCUT2D eigenvalue weighted by molar-refractivity contribution is 9.10. The molecule has 5 nitrogen and oxygen atoms in total. The van der Waals surface area contributed by atoms with Gasteiger partial charge in [-0.05, 0) is 48.5 Å². The van der Waals surface area contributed by atoms with Gasteiger partial charge in [0.05, 0.1) is 11.6 Å². The summed E-state index contributed by atoms with van der Waals surface area (Å²) in [6.07, 6.45) is 0. The van der Waals surface area contributed by atoms with Crippen molar-refractivity contribution in [1.82, 2.24) is 10.9 Å². The minimum Gasteiger partial charge on any atom is -0.267 e. The number of nitrogens with one attached hydrogen (secondary N) is 2. The molecule has 0 atom stereocenters. The molecule has 2 N–H and O–H groups in total. The van der Waals surface area contributed by atoms with Crippen LogP contribution in [-0.2, 0) is 0 Å². The average Bonchev–Trinajstić information content (AvgIpc) is 2.53. The zero-order valence-corrected chi connectivity index (χ0v) is 12.3. The van der Waals surface area contributed by atoms with Gasteiger partial charge in [0.1, 0.15) is 0 Å². The summed E-state index contributed by atoms with van der Waals surface area (Å²) in [4.78, 5) is 23.6. The van der Waals surface area contributed by atoms with Gasteiger partial charge in [0, 0.05) is 15.6 Å². The highest BCUT2D eigenvalue weighted by atomic mass is 79.9. The van der Waals surface area contributed by atoms with E-state index in [1.54, 1.807) is 24.3 Å². The molecular formula is C15H10BrN3O2. The molecule has 6 heteroatoms. The van der Waals surface area contributed by atoms with E-state index < -0.39 is 11.8 Å². The molecule has 0 fully saturated rings. The number of amides is 2. The number of rotatable bonds is 2. The smallest absolute Gasteiger partial charge is 0.267 e. The molecule has 0 bridgehead atoms. The van der Waals surface area contributed by atoms with Crippen LogP contribution in [0.25, 0.3) is 0 Å². The van der Waals surface area contributed by atoms with Gasteiger partial charge in [-0.15, -0.1) is 0 Å². The van der Waals surface area contributed by atoms with Gasteiger partial charge >= 0.3 is 0 Å². The normalized spacial score (nSPS) is 9.52. The molecule has 21 heavy (non-hydrogen) atoms. The van der Waals surface area contributed by atoms with Crippen LogP contribution in [0.5, 0.6) is 0 Å². The first-order valence-electron chi connectivity index (χ1n) is 5.96. The molecule has 2 aromatic rings. The van der Waals surface area contributed by atoms with Crippen molar-refractivity contribution in [2.45, 2.75) is 0 Å². The molecule has 0 aromatic heterocycles. The van der Waals surface area contributed by atoms with Gasteiger partial charge in [-0.3, -0.25) is 20.4 Å². The van der Waals surface area contributed by atoms with E-state index in [2.05, 4.69) is 26.8 Å². The van der Waals surface area contributed by atoms with Crippen molar-refractivity contribution < 1.29 is 9.59 Å². The van der Waals surface area contributed by atoms with Gasteiger partial charge in [-0.1, -0.05) is 15.9 Å². The van der Waals surface area contributed by atoms with Gasteiger partial charge in [0.2, 0.25) is 0 Å². The van der Waals surface area contributed by atoms with Crippen LogP contribution in [0.2, 0.25) is 0 Å². The Morgan fingerprint density at radius 2 is 1.29 bits per heavy atom. The number of benzene rings is 2. The Morgan fingerprint density at radius 3 is 1.71 bits per heavy atom. The molecule has 0 aliphatic heterocycles. The Bertz CT molecular complexity index is 703. The lowest BCUT2D eigenvalue weighted by Gasteiger charge is -2.07. The molecule has 0 radical (unpaired) electrons. The Kier molecular flexibility index (Phi) is 4.69. The van der Waals surface area contributed by atoms with Crippen molar-refractivity contribution in [3.8, 4) is 6.07 Å². The Hall–Kier alpha value is -2.65. The van der Waals surface area contributed by atoms with Crippen molar-refractivity contribution in [1.29, 1.82) is 5.26 Å². The molecule has 0 aliphatic carbocycles. The van der Waals surface area contributed by atoms with Crippen LogP contribution >= 0.6 is 15.9 Å². The molecule has 0 saturated carbocycles. The number of nitrogens with zero attached hydrogens (tertiary/aromatic N) is 1. The molecule has 104 valence electrons. The van der Waals surface area contributed by atoms with E-state index in [-0.39, 0.29) is 0 Å². The molecule has 2 aromatic carbocycles. The fraction of sp³-hybridized carbons (Fsp3) is 0. The minimum atomic E-state index is -0.454. The van der Waals surface area contributed by atoms with Crippen molar-refractivity contribution in [2.24, 2.45) is 0 Å². The Labute approximate surface area is 129 Å². The van der Waals surface area contributed by atoms with Gasteiger partial charge < -0.3 is 0 Å². The maximum absolute atomic E-state index is 11.8. The summed E-state index contributed by atoms with van der Waals surface area (Å²) in [5.41, 5.74) is 5.89. The largest absolute Gasteiger partial charge is 0.269 e. The second kappa shape index (κ2) is 6.68. The average molecular weight is 344 g/mol. The van der Waals surface area contributed by atoms with Crippen LogP contribution < -0.4 is 10.9 Å². The van der Waals surface area contributed by atoms with E-state index in [0.717, 1.165) is 4.47 Å². The monoisotopic (exact) mass is 343 g/mol. The van der Waals surface area contributed by atoms with Crippen LogP contribution in [0, 0.1) is 11.3 Å². The predicted octanol–water partition coefficient (Wildman–Crippen LogP) is 2.40. The third-order valence-electron chi connectivity index (χ3n) is 2.67. The molecule has 0 aliphatic rings. The van der Waals surface area contributed by atoms with Crippen molar-refractivity contribution in [3.63, 3.8) is 0 Å². The van der Waals surface area contributed by atoms with Crippen LogP contribution in [-0.4, -0.2) is 11.8 Å². The molecule has 2 amide bonds. The first-order valence-corrected chi connectivity index (χ1v) is 6.76. The van der Waals surface area contributed by atoms with Crippen molar-refractivity contribution in [2.75, 3.05) is 0 Å². The number of hydrazine groups is 1. The molecule has 0 saturated heterocycles. The standard InChI is InChI=1S/C15H10BrN3O2/c16-13-7-5-12(6-8-13)15(21)19-18-14(20)11-3-1-10(9-17)2-4-11/h1-8H,(H,18,20)(H,19,21). The van der Waals surface area contributed by atoms with E-state index in [1.807, 2.05) is 6.07 Å². The lowest BCUT2D eigenvalue weighted by atomic mass is 10.1. The van der Waals surface area contributed by atoms with E-state index in [9.17, 15) is 9.59 Å². The van der Waals surface area contributed by atoms with Crippen LogP contribution in [0.1, 0.15) is 26.3 Å². The van der Waals surface area contributed by atoms with Gasteiger partial charge in [-0.25, -0.2) is 0 Å². The number of nitriles is 1. The number of hydrogen-bond donors (Lipinski definition) is 2. The number of halogens is 1. The predicted molar refractivity (Wildman–Crippen MR) is 80.2 cm³/mol. The van der Waals surface area contributed by atoms with Crippen LogP contribution in [0.15, 0.2) is 53.0 Å². The summed E-state index contributed by atoms with van der Waals surface area (Å²) in [7, 11) is 0. The second-order valence-corrected chi connectivity index (χ2v) is 5.02. The fourth-order valence-corrected chi connectivity index (χ4v) is 1.82. The molecule has 0 unspecified atom stereocenters. The first kappa shape index (κ1) is 14.8. The fourth-order valence-electron chi connectivity index (χ4n) is 1.56. The van der Waals surface area contributed by atoms with E-state index in [1.165, 1.54) is 24.3 Å². The lowest BCUT2D eigenvalue weighted by molar-refractivity contribution is 0.0846. The number of carbonyl (C=O) groups is 2. The van der Waals surface area contributed by atoms with Crippen molar-refractivity contribution in [3.05, 3.63) is 69.7 Å². The molecular weight excluding hydrogens is 334 g/mol. The van der Waals surface area contributed by atoms with E-state index >= 15 is 0 Å². The number of carbonyl (C=O) groups excluding carboxylic acids is 2. The zero-order chi connectivity index (χ0) is 15.2. The van der Waals surface area contributed by atoms with Crippen molar-refractivity contribution >= 4 is 27.7 Å². The minimum absolute atomic E-state index is 0.352. The quantitative estimate of drug-likeness (QED) is 0.821. The SMILES string of the molecule is N#Cc1ccc(C(=O)NNC(=O)c2ccc(Br)cc2)cc1. The topological polar surface area (TPSA) is 82.0 Å². The lowest BCUT2D eigenvalue weighted by Crippen LogP contribution is -2.41. The summed E-state index contributed by atoms with van der Waals surface area (Å²) in [6, 6.07) is 14.8. The van der Waals surface area contributed by atoms with Gasteiger partial charge in [0.25, 0.3) is 11.8 Å². The maximum atomic E-state index is 11.8. The summed E-state index contributed by atoms with van der Waals surface area (Å²) in [5.74, 6) is -0.866. The number of hydrogen-bond acceptors (Lipinski definition) is 3. The van der Waals surface area contributed by atoms with Gasteiger partial charge in [-0.2, -0.15) is 5.26 Å².